The molecule has 1 atom stereocenters. The van der Waals surface area contributed by atoms with Gasteiger partial charge in [-0.2, -0.15) is 4.98 Å². The lowest BCUT2D eigenvalue weighted by atomic mass is 9.80. The molecular formula is C27H42N8O2. The second kappa shape index (κ2) is 10.1. The molecule has 2 aliphatic carbocycles. The molecule has 2 saturated carbocycles. The molecule has 0 bridgehead atoms. The number of aromatic amines is 1. The molecular weight excluding hydrogens is 468 g/mol. The third-order valence-electron chi connectivity index (χ3n) is 8.09. The Hall–Kier alpha value is -2.91. The maximum atomic E-state index is 11.7. The fourth-order valence-corrected chi connectivity index (χ4v) is 5.85. The molecule has 3 heterocycles. The van der Waals surface area contributed by atoms with Crippen molar-refractivity contribution < 1.29 is 4.52 Å². The normalized spacial score (nSPS) is 21.7. The van der Waals surface area contributed by atoms with Crippen LogP contribution in [0.3, 0.4) is 0 Å². The zero-order valence-corrected chi connectivity index (χ0v) is 23.2. The van der Waals surface area contributed by atoms with Crippen molar-refractivity contribution in [2.75, 3.05) is 23.8 Å². The van der Waals surface area contributed by atoms with E-state index in [0.717, 1.165) is 36.3 Å². The summed E-state index contributed by atoms with van der Waals surface area (Å²) >= 11 is 0. The van der Waals surface area contributed by atoms with Gasteiger partial charge in [0.2, 0.25) is 17.6 Å². The number of H-pyrrole nitrogens is 1. The van der Waals surface area contributed by atoms with E-state index in [-0.39, 0.29) is 17.3 Å². The average molecular weight is 511 g/mol. The van der Waals surface area contributed by atoms with Crippen molar-refractivity contribution in [3.05, 3.63) is 10.6 Å². The monoisotopic (exact) mass is 510 g/mol. The Balaban J connectivity index is 1.63. The molecule has 3 aromatic rings. The van der Waals surface area contributed by atoms with Crippen molar-refractivity contribution >= 4 is 22.9 Å². The minimum Gasteiger partial charge on any atom is -0.365 e. The van der Waals surface area contributed by atoms with Gasteiger partial charge in [-0.1, -0.05) is 52.1 Å². The van der Waals surface area contributed by atoms with Crippen LogP contribution in [-0.2, 0) is 6.54 Å². The van der Waals surface area contributed by atoms with Gasteiger partial charge in [0.25, 0.3) is 0 Å². The average Bonchev–Trinajstić information content (AvgIpc) is 3.37. The highest BCUT2D eigenvalue weighted by atomic mass is 16.5. The maximum absolute atomic E-state index is 11.7. The third-order valence-corrected chi connectivity index (χ3v) is 8.09. The summed E-state index contributed by atoms with van der Waals surface area (Å²) in [6, 6.07) is 0.269. The lowest BCUT2D eigenvalue weighted by Gasteiger charge is -2.33. The van der Waals surface area contributed by atoms with Crippen molar-refractivity contribution in [3.63, 3.8) is 0 Å². The number of imidazole rings is 1. The minimum absolute atomic E-state index is 0.106. The summed E-state index contributed by atoms with van der Waals surface area (Å²) in [4.78, 5) is 31.2. The van der Waals surface area contributed by atoms with Gasteiger partial charge in [0, 0.05) is 26.2 Å². The van der Waals surface area contributed by atoms with Crippen molar-refractivity contribution in [2.45, 2.75) is 92.2 Å². The Morgan fingerprint density at radius 1 is 1.14 bits per heavy atom. The molecule has 0 radical (unpaired) electrons. The summed E-state index contributed by atoms with van der Waals surface area (Å²) in [6.07, 6.45) is 8.73. The van der Waals surface area contributed by atoms with Gasteiger partial charge in [-0.25, -0.2) is 14.8 Å². The van der Waals surface area contributed by atoms with Crippen LogP contribution < -0.4 is 16.0 Å². The van der Waals surface area contributed by atoms with E-state index < -0.39 is 5.76 Å². The highest BCUT2D eigenvalue weighted by Gasteiger charge is 2.29. The second-order valence-corrected chi connectivity index (χ2v) is 12.7. The van der Waals surface area contributed by atoms with Crippen LogP contribution in [0.4, 0.5) is 11.8 Å². The van der Waals surface area contributed by atoms with Gasteiger partial charge in [0.15, 0.2) is 11.5 Å². The molecule has 5 rings (SSSR count). The first-order valence-electron chi connectivity index (χ1n) is 13.9. The standard InChI is InChI=1S/C27H42N8O2/c1-16-10-12-18(13-11-16)14-35-20-21(28-17(2)19-8-7-9-19)29-23(24-32-26(36)37-33-24)30-22(20)31-25(35)34(6)15-27(3,4)5/h16-19H,7-15H2,1-6H3,(H,28,29,30)(H,32,33,36)/t16?,17-,18?/m1/s1. The van der Waals surface area contributed by atoms with E-state index in [0.29, 0.717) is 23.3 Å². The molecule has 10 heteroatoms. The van der Waals surface area contributed by atoms with E-state index in [1.807, 2.05) is 0 Å². The molecule has 0 saturated heterocycles. The highest BCUT2D eigenvalue weighted by molar-refractivity contribution is 5.87. The third kappa shape index (κ3) is 5.67. The summed E-state index contributed by atoms with van der Waals surface area (Å²) in [6.45, 7) is 13.1. The molecule has 0 spiro atoms. The molecule has 0 amide bonds. The Morgan fingerprint density at radius 3 is 2.46 bits per heavy atom. The van der Waals surface area contributed by atoms with Crippen LogP contribution in [0.5, 0.6) is 0 Å². The Labute approximate surface area is 218 Å². The quantitative estimate of drug-likeness (QED) is 0.431. The van der Waals surface area contributed by atoms with Crippen molar-refractivity contribution in [1.29, 1.82) is 0 Å². The first-order valence-corrected chi connectivity index (χ1v) is 13.9. The number of hydrogen-bond acceptors (Lipinski definition) is 8. The van der Waals surface area contributed by atoms with Crippen LogP contribution >= 0.6 is 0 Å². The SMILES string of the molecule is CC1CCC(Cn2c(N(C)CC(C)(C)C)nc3nc(-c4noc(=O)[nH]4)nc(N[C@H](C)C4CCC4)c32)CC1. The molecule has 10 nitrogen and oxygen atoms in total. The smallest absolute Gasteiger partial charge is 0.365 e. The molecule has 202 valence electrons. The van der Waals surface area contributed by atoms with Gasteiger partial charge in [0.05, 0.1) is 0 Å². The van der Waals surface area contributed by atoms with Gasteiger partial charge in [-0.05, 0) is 55.8 Å². The number of nitrogens with one attached hydrogen (secondary N) is 2. The number of rotatable bonds is 8. The summed E-state index contributed by atoms with van der Waals surface area (Å²) in [5, 5.41) is 7.56. The number of aromatic nitrogens is 6. The molecule has 0 aliphatic heterocycles. The Morgan fingerprint density at radius 2 is 1.86 bits per heavy atom. The molecule has 2 fully saturated rings. The van der Waals surface area contributed by atoms with Crippen LogP contribution in [0.15, 0.2) is 9.32 Å². The summed E-state index contributed by atoms with van der Waals surface area (Å²) in [5.74, 6) is 3.57. The van der Waals surface area contributed by atoms with E-state index in [2.05, 4.69) is 66.6 Å². The number of nitrogens with zero attached hydrogens (tertiary/aromatic N) is 6. The summed E-state index contributed by atoms with van der Waals surface area (Å²) in [5.41, 5.74) is 1.64. The Bertz CT molecular complexity index is 1270. The van der Waals surface area contributed by atoms with E-state index in [1.54, 1.807) is 0 Å². The van der Waals surface area contributed by atoms with E-state index in [1.165, 1.54) is 44.9 Å². The second-order valence-electron chi connectivity index (χ2n) is 12.7. The first kappa shape index (κ1) is 25.7. The van der Waals surface area contributed by atoms with Crippen molar-refractivity contribution in [2.24, 2.45) is 23.2 Å². The molecule has 2 N–H and O–H groups in total. The van der Waals surface area contributed by atoms with E-state index in [4.69, 9.17) is 19.5 Å². The van der Waals surface area contributed by atoms with E-state index >= 15 is 0 Å². The fourth-order valence-electron chi connectivity index (χ4n) is 5.85. The van der Waals surface area contributed by atoms with Gasteiger partial charge in [0.1, 0.15) is 5.52 Å². The molecule has 0 unspecified atom stereocenters. The van der Waals surface area contributed by atoms with Crippen LogP contribution in [-0.4, -0.2) is 49.3 Å². The lowest BCUT2D eigenvalue weighted by Crippen LogP contribution is -2.32. The van der Waals surface area contributed by atoms with Crippen LogP contribution in [0.25, 0.3) is 22.8 Å². The minimum atomic E-state index is -0.626. The topological polar surface area (TPSA) is 118 Å². The fraction of sp³-hybridized carbons (Fsp3) is 0.741. The zero-order chi connectivity index (χ0) is 26.3. The van der Waals surface area contributed by atoms with Crippen LogP contribution in [0.2, 0.25) is 0 Å². The summed E-state index contributed by atoms with van der Waals surface area (Å²) < 4.78 is 7.09. The summed E-state index contributed by atoms with van der Waals surface area (Å²) in [7, 11) is 2.11. The first-order chi connectivity index (χ1) is 17.6. The molecule has 2 aliphatic rings. The van der Waals surface area contributed by atoms with E-state index in [9.17, 15) is 4.79 Å². The van der Waals surface area contributed by atoms with Gasteiger partial charge in [-0.3, -0.25) is 9.51 Å². The zero-order valence-electron chi connectivity index (χ0n) is 23.2. The predicted molar refractivity (Wildman–Crippen MR) is 146 cm³/mol. The van der Waals surface area contributed by atoms with Gasteiger partial charge < -0.3 is 14.8 Å². The number of anilines is 2. The largest absolute Gasteiger partial charge is 0.439 e. The van der Waals surface area contributed by atoms with Crippen molar-refractivity contribution in [3.8, 4) is 11.6 Å². The molecule has 3 aromatic heterocycles. The number of hydrogen-bond donors (Lipinski definition) is 2. The number of fused-ring (bicyclic) bond motifs is 1. The van der Waals surface area contributed by atoms with Gasteiger partial charge in [-0.15, -0.1) is 0 Å². The highest BCUT2D eigenvalue weighted by Crippen LogP contribution is 2.36. The van der Waals surface area contributed by atoms with Crippen LogP contribution in [0, 0.1) is 23.2 Å². The molecule has 0 aromatic carbocycles. The van der Waals surface area contributed by atoms with Crippen molar-refractivity contribution in [1.82, 2.24) is 29.7 Å². The predicted octanol–water partition coefficient (Wildman–Crippen LogP) is 5.08. The van der Waals surface area contributed by atoms with Gasteiger partial charge >= 0.3 is 5.76 Å². The maximum Gasteiger partial charge on any atom is 0.439 e. The Kier molecular flexibility index (Phi) is 7.02. The molecule has 37 heavy (non-hydrogen) atoms. The lowest BCUT2D eigenvalue weighted by molar-refractivity contribution is 0.266. The van der Waals surface area contributed by atoms with Crippen LogP contribution in [0.1, 0.15) is 79.6 Å².